The van der Waals surface area contributed by atoms with Gasteiger partial charge in [-0.3, -0.25) is 10.1 Å². The molecule has 1 aromatic rings. The summed E-state index contributed by atoms with van der Waals surface area (Å²) >= 11 is 0. The van der Waals surface area contributed by atoms with E-state index in [0.717, 1.165) is 12.1 Å². The van der Waals surface area contributed by atoms with Gasteiger partial charge in [0.25, 0.3) is 0 Å². The van der Waals surface area contributed by atoms with Crippen LogP contribution in [0.5, 0.6) is 0 Å². The highest BCUT2D eigenvalue weighted by Gasteiger charge is 2.35. The summed E-state index contributed by atoms with van der Waals surface area (Å²) in [4.78, 5) is 23.7. The Morgan fingerprint density at radius 3 is 2.19 bits per heavy atom. The minimum absolute atomic E-state index is 0.236. The molecule has 6 nitrogen and oxygen atoms in total. The number of rotatable bonds is 7. The fourth-order valence-corrected chi connectivity index (χ4v) is 2.25. The van der Waals surface area contributed by atoms with Gasteiger partial charge in [-0.1, -0.05) is 6.07 Å². The van der Waals surface area contributed by atoms with E-state index < -0.39 is 41.0 Å². The zero-order chi connectivity index (χ0) is 20.0. The van der Waals surface area contributed by atoms with Crippen molar-refractivity contribution in [3.63, 3.8) is 0 Å². The van der Waals surface area contributed by atoms with E-state index in [2.05, 4.69) is 0 Å². The van der Waals surface area contributed by atoms with Gasteiger partial charge in [0.05, 0.1) is 17.7 Å². The molecule has 26 heavy (non-hydrogen) atoms. The second-order valence-corrected chi connectivity index (χ2v) is 5.34. The number of ether oxygens (including phenoxy) is 2. The summed E-state index contributed by atoms with van der Waals surface area (Å²) in [5, 5.41) is 3.54. The number of imide groups is 1. The molecule has 146 valence electrons. The third kappa shape index (κ3) is 6.26. The molecule has 0 atom stereocenters. The molecule has 0 aliphatic rings. The van der Waals surface area contributed by atoms with Crippen molar-refractivity contribution in [2.24, 2.45) is 0 Å². The van der Waals surface area contributed by atoms with E-state index in [1.165, 1.54) is 6.92 Å². The maximum absolute atomic E-state index is 13.7. The van der Waals surface area contributed by atoms with Crippen LogP contribution in [0.3, 0.4) is 0 Å². The van der Waals surface area contributed by atoms with Gasteiger partial charge in [0.15, 0.2) is 5.79 Å². The molecule has 0 fully saturated rings. The number of amides is 3. The monoisotopic (exact) mass is 380 g/mol. The Morgan fingerprint density at radius 1 is 1.12 bits per heavy atom. The summed E-state index contributed by atoms with van der Waals surface area (Å²) in [6.45, 7) is 5.31. The highest BCUT2D eigenvalue weighted by Crippen LogP contribution is 2.36. The van der Waals surface area contributed by atoms with Gasteiger partial charge in [-0.2, -0.15) is 13.2 Å². The number of benzene rings is 1. The first-order chi connectivity index (χ1) is 12.0. The van der Waals surface area contributed by atoms with Crippen molar-refractivity contribution in [2.75, 3.05) is 18.5 Å². The zero-order valence-corrected chi connectivity index (χ0v) is 14.5. The Balaban J connectivity index is 2.83. The van der Waals surface area contributed by atoms with Gasteiger partial charge in [-0.25, -0.2) is 9.18 Å². The number of halogens is 4. The van der Waals surface area contributed by atoms with Gasteiger partial charge < -0.3 is 14.8 Å². The van der Waals surface area contributed by atoms with E-state index >= 15 is 0 Å². The molecule has 2 N–H and O–H groups in total. The summed E-state index contributed by atoms with van der Waals surface area (Å²) < 4.78 is 63.0. The van der Waals surface area contributed by atoms with Crippen LogP contribution in [-0.2, 0) is 20.4 Å². The third-order valence-corrected chi connectivity index (χ3v) is 3.19. The number of para-hydroxylation sites is 1. The predicted molar refractivity (Wildman–Crippen MR) is 84.8 cm³/mol. The lowest BCUT2D eigenvalue weighted by molar-refractivity contribution is -0.222. The number of urea groups is 1. The molecule has 0 saturated carbocycles. The van der Waals surface area contributed by atoms with Crippen molar-refractivity contribution in [1.29, 1.82) is 0 Å². The quantitative estimate of drug-likeness (QED) is 0.559. The Hall–Kier alpha value is -2.20. The Labute approximate surface area is 147 Å². The average Bonchev–Trinajstić information content (AvgIpc) is 2.48. The first kappa shape index (κ1) is 21.8. The molecule has 1 aromatic carbocycles. The van der Waals surface area contributed by atoms with Crippen LogP contribution in [0.4, 0.5) is 28.0 Å². The zero-order valence-electron chi connectivity index (χ0n) is 14.5. The van der Waals surface area contributed by atoms with Crippen molar-refractivity contribution in [2.45, 2.75) is 39.2 Å². The minimum atomic E-state index is -4.88. The molecule has 0 aliphatic carbocycles. The Bertz CT molecular complexity index is 644. The second-order valence-electron chi connectivity index (χ2n) is 5.34. The van der Waals surface area contributed by atoms with E-state index in [9.17, 15) is 27.2 Å². The van der Waals surface area contributed by atoms with E-state index in [1.54, 1.807) is 19.2 Å². The van der Waals surface area contributed by atoms with Crippen molar-refractivity contribution in [1.82, 2.24) is 5.32 Å². The van der Waals surface area contributed by atoms with Crippen LogP contribution >= 0.6 is 0 Å². The molecule has 0 aromatic heterocycles. The molecule has 0 aliphatic heterocycles. The summed E-state index contributed by atoms with van der Waals surface area (Å²) in [6, 6.07) is 0.929. The fraction of sp³-hybridized carbons (Fsp3) is 0.500. The molecular weight excluding hydrogens is 360 g/mol. The highest BCUT2D eigenvalue weighted by molar-refractivity contribution is 6.01. The third-order valence-electron chi connectivity index (χ3n) is 3.19. The number of alkyl halides is 3. The number of carbonyl (C=O) groups is 2. The largest absolute Gasteiger partial charge is 0.418 e. The Morgan fingerprint density at radius 2 is 1.69 bits per heavy atom. The molecule has 0 heterocycles. The van der Waals surface area contributed by atoms with Crippen LogP contribution in [0.15, 0.2) is 18.2 Å². The molecule has 1 rings (SSSR count). The normalized spacial score (nSPS) is 12.0. The van der Waals surface area contributed by atoms with Crippen LogP contribution in [-0.4, -0.2) is 30.9 Å². The lowest BCUT2D eigenvalue weighted by atomic mass is 10.1. The summed E-state index contributed by atoms with van der Waals surface area (Å²) in [6.07, 6.45) is -5.26. The minimum Gasteiger partial charge on any atom is -0.350 e. The average molecular weight is 380 g/mol. The van der Waals surface area contributed by atoms with Gasteiger partial charge in [0.2, 0.25) is 5.91 Å². The van der Waals surface area contributed by atoms with Crippen LogP contribution in [0, 0.1) is 5.82 Å². The van der Waals surface area contributed by atoms with E-state index in [-0.39, 0.29) is 19.6 Å². The first-order valence-corrected chi connectivity index (χ1v) is 7.77. The number of hydrogen-bond acceptors (Lipinski definition) is 4. The highest BCUT2D eigenvalue weighted by atomic mass is 19.4. The van der Waals surface area contributed by atoms with Gasteiger partial charge in [-0.15, -0.1) is 0 Å². The smallest absolute Gasteiger partial charge is 0.350 e. The number of hydrogen-bond donors (Lipinski definition) is 2. The van der Waals surface area contributed by atoms with Crippen molar-refractivity contribution in [3.8, 4) is 0 Å². The lowest BCUT2D eigenvalue weighted by Gasteiger charge is -2.28. The van der Waals surface area contributed by atoms with Gasteiger partial charge in [-0.05, 0) is 32.9 Å². The van der Waals surface area contributed by atoms with E-state index in [1.807, 2.05) is 5.32 Å². The molecule has 10 heteroatoms. The number of anilines is 1. The Kier molecular flexibility index (Phi) is 7.52. The number of carbonyl (C=O) groups excluding carboxylic acids is 2. The summed E-state index contributed by atoms with van der Waals surface area (Å²) in [5.74, 6) is -3.45. The van der Waals surface area contributed by atoms with Crippen molar-refractivity contribution in [3.05, 3.63) is 29.6 Å². The van der Waals surface area contributed by atoms with Crippen molar-refractivity contribution < 1.29 is 36.6 Å². The molecule has 0 radical (unpaired) electrons. The number of nitrogens with one attached hydrogen (secondary N) is 2. The first-order valence-electron chi connectivity index (χ1n) is 7.77. The maximum Gasteiger partial charge on any atom is 0.418 e. The summed E-state index contributed by atoms with van der Waals surface area (Å²) in [7, 11) is 0. The maximum atomic E-state index is 13.7. The summed E-state index contributed by atoms with van der Waals surface area (Å²) in [5.41, 5.74) is -2.43. The van der Waals surface area contributed by atoms with E-state index in [4.69, 9.17) is 9.47 Å². The molecule has 3 amide bonds. The molecule has 0 saturated heterocycles. The molecular formula is C16H20F4N2O4. The SMILES string of the molecule is CCOC(C)(CC(=O)NC(=O)Nc1c(F)cccc1C(F)(F)F)OCC. The fourth-order valence-electron chi connectivity index (χ4n) is 2.25. The van der Waals surface area contributed by atoms with Crippen molar-refractivity contribution >= 4 is 17.6 Å². The van der Waals surface area contributed by atoms with Crippen LogP contribution in [0.25, 0.3) is 0 Å². The van der Waals surface area contributed by atoms with Gasteiger partial charge in [0, 0.05) is 13.2 Å². The second kappa shape index (κ2) is 8.95. The van der Waals surface area contributed by atoms with Crippen LogP contribution < -0.4 is 10.6 Å². The van der Waals surface area contributed by atoms with E-state index in [0.29, 0.717) is 6.07 Å². The molecule has 0 spiro atoms. The van der Waals surface area contributed by atoms with Crippen LogP contribution in [0.1, 0.15) is 32.8 Å². The van der Waals surface area contributed by atoms with Crippen LogP contribution in [0.2, 0.25) is 0 Å². The van der Waals surface area contributed by atoms with Gasteiger partial charge >= 0.3 is 12.2 Å². The predicted octanol–water partition coefficient (Wildman–Crippen LogP) is 3.67. The lowest BCUT2D eigenvalue weighted by Crippen LogP contribution is -2.42. The standard InChI is InChI=1S/C16H20F4N2O4/c1-4-25-15(3,26-5-2)9-12(23)21-14(24)22-13-10(16(18,19)20)7-6-8-11(13)17/h6-8H,4-5,9H2,1-3H3,(H2,21,22,23,24). The van der Waals surface area contributed by atoms with Gasteiger partial charge in [0.1, 0.15) is 5.82 Å². The molecule has 0 bridgehead atoms. The molecule has 0 unspecified atom stereocenters. The topological polar surface area (TPSA) is 76.7 Å².